The number of aromatic nitrogens is 2. The van der Waals surface area contributed by atoms with E-state index >= 15 is 0 Å². The maximum Gasteiger partial charge on any atom is 0.272 e. The summed E-state index contributed by atoms with van der Waals surface area (Å²) in [6.45, 7) is 4.84. The zero-order valence-electron chi connectivity index (χ0n) is 11.3. The molecule has 0 saturated heterocycles. The average molecular weight is 295 g/mol. The molecule has 0 aliphatic rings. The number of aromatic amines is 1. The number of nitrogens with one attached hydrogen (secondary N) is 1. The molecule has 1 aromatic carbocycles. The van der Waals surface area contributed by atoms with Gasteiger partial charge in [-0.2, -0.15) is 5.10 Å². The Morgan fingerprint density at radius 1 is 1.15 bits per heavy atom. The molecule has 6 heteroatoms. The first-order chi connectivity index (χ1) is 9.65. The lowest BCUT2D eigenvalue weighted by Gasteiger charge is -2.12. The van der Waals surface area contributed by atoms with E-state index in [0.717, 1.165) is 0 Å². The Labute approximate surface area is 121 Å². The normalized spacial score (nSPS) is 10.3. The van der Waals surface area contributed by atoms with Crippen molar-refractivity contribution in [1.29, 1.82) is 0 Å². The Hall–Kier alpha value is -2.01. The Kier molecular flexibility index (Phi) is 4.63. The van der Waals surface area contributed by atoms with Gasteiger partial charge >= 0.3 is 0 Å². The van der Waals surface area contributed by atoms with Crippen LogP contribution in [-0.4, -0.2) is 23.4 Å². The third-order valence-electron chi connectivity index (χ3n) is 2.63. The van der Waals surface area contributed by atoms with Crippen LogP contribution in [0.5, 0.6) is 11.5 Å². The zero-order chi connectivity index (χ0) is 14.5. The number of ether oxygens (including phenoxy) is 2. The van der Waals surface area contributed by atoms with Crippen LogP contribution in [0.15, 0.2) is 29.1 Å². The SMILES string of the molecule is CCOc1ccc(-c2cc(Cl)n[nH]c2=O)cc1OCC. The van der Waals surface area contributed by atoms with Gasteiger partial charge in [0.05, 0.1) is 18.8 Å². The minimum atomic E-state index is -0.305. The van der Waals surface area contributed by atoms with Gasteiger partial charge in [0.15, 0.2) is 11.5 Å². The predicted molar refractivity (Wildman–Crippen MR) is 77.6 cm³/mol. The zero-order valence-corrected chi connectivity index (χ0v) is 12.0. The van der Waals surface area contributed by atoms with E-state index in [9.17, 15) is 4.79 Å². The highest BCUT2D eigenvalue weighted by atomic mass is 35.5. The van der Waals surface area contributed by atoms with E-state index in [1.807, 2.05) is 13.8 Å². The molecule has 106 valence electrons. The van der Waals surface area contributed by atoms with Crippen LogP contribution in [0.2, 0.25) is 5.15 Å². The number of H-pyrrole nitrogens is 1. The van der Waals surface area contributed by atoms with Gasteiger partial charge in [-0.05, 0) is 37.6 Å². The van der Waals surface area contributed by atoms with Gasteiger partial charge in [-0.1, -0.05) is 17.7 Å². The van der Waals surface area contributed by atoms with Crippen LogP contribution in [-0.2, 0) is 0 Å². The molecule has 20 heavy (non-hydrogen) atoms. The second-order valence-corrected chi connectivity index (χ2v) is 4.35. The van der Waals surface area contributed by atoms with Crippen molar-refractivity contribution in [3.05, 3.63) is 39.8 Å². The Bertz CT molecular complexity index is 655. The fourth-order valence-corrected chi connectivity index (χ4v) is 1.97. The molecule has 0 atom stereocenters. The summed E-state index contributed by atoms with van der Waals surface area (Å²) >= 11 is 5.81. The minimum absolute atomic E-state index is 0.228. The van der Waals surface area contributed by atoms with Crippen LogP contribution in [0, 0.1) is 0 Å². The van der Waals surface area contributed by atoms with Crippen LogP contribution in [0.4, 0.5) is 0 Å². The van der Waals surface area contributed by atoms with Gasteiger partial charge in [-0.3, -0.25) is 4.79 Å². The summed E-state index contributed by atoms with van der Waals surface area (Å²) in [6.07, 6.45) is 0. The van der Waals surface area contributed by atoms with Gasteiger partial charge in [0, 0.05) is 0 Å². The van der Waals surface area contributed by atoms with Gasteiger partial charge in [0.1, 0.15) is 5.15 Å². The highest BCUT2D eigenvalue weighted by molar-refractivity contribution is 6.29. The predicted octanol–water partition coefficient (Wildman–Crippen LogP) is 2.89. The fourth-order valence-electron chi connectivity index (χ4n) is 1.81. The molecule has 5 nitrogen and oxygen atoms in total. The monoisotopic (exact) mass is 294 g/mol. The quantitative estimate of drug-likeness (QED) is 0.921. The summed E-state index contributed by atoms with van der Waals surface area (Å²) in [5.41, 5.74) is 0.831. The topological polar surface area (TPSA) is 64.2 Å². The summed E-state index contributed by atoms with van der Waals surface area (Å²) in [4.78, 5) is 11.8. The maximum absolute atomic E-state index is 11.8. The molecule has 0 aliphatic heterocycles. The lowest BCUT2D eigenvalue weighted by molar-refractivity contribution is 0.288. The van der Waals surface area contributed by atoms with Crippen molar-refractivity contribution in [1.82, 2.24) is 10.2 Å². The van der Waals surface area contributed by atoms with Crippen molar-refractivity contribution in [2.75, 3.05) is 13.2 Å². The highest BCUT2D eigenvalue weighted by Crippen LogP contribution is 2.32. The standard InChI is InChI=1S/C14H15ClN2O3/c1-3-19-11-6-5-9(7-12(11)20-4-2)10-8-13(15)16-17-14(10)18/h5-8H,3-4H2,1-2H3,(H,17,18). The first kappa shape index (κ1) is 14.4. The van der Waals surface area contributed by atoms with Crippen molar-refractivity contribution in [2.45, 2.75) is 13.8 Å². The van der Waals surface area contributed by atoms with Crippen molar-refractivity contribution >= 4 is 11.6 Å². The Morgan fingerprint density at radius 2 is 1.85 bits per heavy atom. The number of benzene rings is 1. The molecule has 1 heterocycles. The summed E-state index contributed by atoms with van der Waals surface area (Å²) < 4.78 is 11.0. The molecule has 0 radical (unpaired) electrons. The lowest BCUT2D eigenvalue weighted by atomic mass is 10.1. The molecule has 0 spiro atoms. The third-order valence-corrected chi connectivity index (χ3v) is 2.82. The van der Waals surface area contributed by atoms with Gasteiger partial charge in [0.25, 0.3) is 5.56 Å². The number of hydrogen-bond donors (Lipinski definition) is 1. The summed E-state index contributed by atoms with van der Waals surface area (Å²) in [7, 11) is 0. The van der Waals surface area contributed by atoms with Crippen molar-refractivity contribution in [2.24, 2.45) is 0 Å². The van der Waals surface area contributed by atoms with E-state index in [1.165, 1.54) is 6.07 Å². The first-order valence-electron chi connectivity index (χ1n) is 6.31. The number of rotatable bonds is 5. The number of halogens is 1. The van der Waals surface area contributed by atoms with Crippen LogP contribution < -0.4 is 15.0 Å². The van der Waals surface area contributed by atoms with E-state index in [2.05, 4.69) is 10.2 Å². The molecule has 0 aliphatic carbocycles. The van der Waals surface area contributed by atoms with Crippen molar-refractivity contribution in [3.8, 4) is 22.6 Å². The number of nitrogens with zero attached hydrogens (tertiary/aromatic N) is 1. The largest absolute Gasteiger partial charge is 0.490 e. The van der Waals surface area contributed by atoms with Crippen molar-refractivity contribution in [3.63, 3.8) is 0 Å². The maximum atomic E-state index is 11.8. The third kappa shape index (κ3) is 3.11. The second-order valence-electron chi connectivity index (χ2n) is 3.96. The lowest BCUT2D eigenvalue weighted by Crippen LogP contribution is -2.10. The summed E-state index contributed by atoms with van der Waals surface area (Å²) in [6, 6.07) is 6.84. The van der Waals surface area contributed by atoms with Gasteiger partial charge in [0.2, 0.25) is 0 Å². The molecule has 0 amide bonds. The van der Waals surface area contributed by atoms with Gasteiger partial charge < -0.3 is 9.47 Å². The molecule has 2 rings (SSSR count). The molecule has 0 bridgehead atoms. The molecule has 2 aromatic rings. The van der Waals surface area contributed by atoms with Gasteiger partial charge in [-0.15, -0.1) is 0 Å². The van der Waals surface area contributed by atoms with Crippen LogP contribution in [0.3, 0.4) is 0 Å². The van der Waals surface area contributed by atoms with Gasteiger partial charge in [-0.25, -0.2) is 5.10 Å². The second kappa shape index (κ2) is 6.43. The molecular formula is C14H15ClN2O3. The molecule has 1 aromatic heterocycles. The highest BCUT2D eigenvalue weighted by Gasteiger charge is 2.10. The fraction of sp³-hybridized carbons (Fsp3) is 0.286. The van der Waals surface area contributed by atoms with Crippen LogP contribution in [0.1, 0.15) is 13.8 Å². The summed E-state index contributed by atoms with van der Waals surface area (Å²) in [5, 5.41) is 6.22. The van der Waals surface area contributed by atoms with E-state index in [0.29, 0.717) is 35.8 Å². The minimum Gasteiger partial charge on any atom is -0.490 e. The number of hydrogen-bond acceptors (Lipinski definition) is 4. The first-order valence-corrected chi connectivity index (χ1v) is 6.68. The summed E-state index contributed by atoms with van der Waals surface area (Å²) in [5.74, 6) is 1.24. The smallest absolute Gasteiger partial charge is 0.272 e. The average Bonchev–Trinajstić information content (AvgIpc) is 2.44. The van der Waals surface area contributed by atoms with E-state index in [-0.39, 0.29) is 10.7 Å². The molecule has 1 N–H and O–H groups in total. The Morgan fingerprint density at radius 3 is 2.55 bits per heavy atom. The molecule has 0 unspecified atom stereocenters. The van der Waals surface area contributed by atoms with Crippen LogP contribution in [0.25, 0.3) is 11.1 Å². The van der Waals surface area contributed by atoms with E-state index in [1.54, 1.807) is 18.2 Å². The van der Waals surface area contributed by atoms with Crippen molar-refractivity contribution < 1.29 is 9.47 Å². The molecular weight excluding hydrogens is 280 g/mol. The molecule has 0 saturated carbocycles. The molecule has 0 fully saturated rings. The van der Waals surface area contributed by atoms with E-state index < -0.39 is 0 Å². The Balaban J connectivity index is 2.49. The van der Waals surface area contributed by atoms with Crippen LogP contribution >= 0.6 is 11.6 Å². The van der Waals surface area contributed by atoms with E-state index in [4.69, 9.17) is 21.1 Å².